The van der Waals surface area contributed by atoms with Crippen molar-refractivity contribution in [3.05, 3.63) is 22.8 Å². The Balaban J connectivity index is 2.57. The van der Waals surface area contributed by atoms with Crippen molar-refractivity contribution in [1.29, 1.82) is 0 Å². The average molecular weight is 255 g/mol. The van der Waals surface area contributed by atoms with Crippen LogP contribution in [0.3, 0.4) is 0 Å². The monoisotopic (exact) mass is 254 g/mol. The van der Waals surface area contributed by atoms with E-state index >= 15 is 0 Å². The minimum Gasteiger partial charge on any atom is -0.436 e. The Morgan fingerprint density at radius 2 is 2.57 bits per heavy atom. The van der Waals surface area contributed by atoms with Crippen LogP contribution in [-0.4, -0.2) is 17.7 Å². The number of ether oxygens (including phenoxy) is 1. The number of terminal acetylenes is 1. The maximum atomic E-state index is 11.0. The topological polar surface area (TPSA) is 51.2 Å². The van der Waals surface area contributed by atoms with Crippen molar-refractivity contribution in [3.8, 4) is 12.3 Å². The van der Waals surface area contributed by atoms with Crippen molar-refractivity contribution in [2.75, 3.05) is 11.9 Å². The number of nitrogens with zero attached hydrogens (tertiary/aromatic N) is 1. The van der Waals surface area contributed by atoms with Crippen LogP contribution in [0.25, 0.3) is 0 Å². The van der Waals surface area contributed by atoms with E-state index in [9.17, 15) is 4.79 Å². The number of amides is 1. The van der Waals surface area contributed by atoms with Gasteiger partial charge in [-0.1, -0.05) is 5.92 Å². The van der Waals surface area contributed by atoms with Crippen LogP contribution < -0.4 is 5.32 Å². The molecule has 1 heterocycles. The minimum absolute atomic E-state index is 0.0592. The Morgan fingerprint density at radius 1 is 1.79 bits per heavy atom. The first-order valence-corrected chi connectivity index (χ1v) is 4.51. The number of anilines is 1. The lowest BCUT2D eigenvalue weighted by Gasteiger charge is -2.04. The number of carbonyl (C=O) groups is 1. The van der Waals surface area contributed by atoms with E-state index in [1.807, 2.05) is 0 Å². The van der Waals surface area contributed by atoms with Gasteiger partial charge in [-0.3, -0.25) is 5.32 Å². The zero-order valence-corrected chi connectivity index (χ0v) is 8.74. The molecule has 0 unspecified atom stereocenters. The molecule has 1 N–H and O–H groups in total. The van der Waals surface area contributed by atoms with Crippen LogP contribution in [0, 0.1) is 12.3 Å². The molecule has 0 bridgehead atoms. The molecule has 0 aromatic carbocycles. The number of halogens is 1. The van der Waals surface area contributed by atoms with Crippen LogP contribution in [0.15, 0.2) is 22.8 Å². The smallest absolute Gasteiger partial charge is 0.413 e. The lowest BCUT2D eigenvalue weighted by Crippen LogP contribution is -2.14. The van der Waals surface area contributed by atoms with Crippen molar-refractivity contribution >= 4 is 27.8 Å². The van der Waals surface area contributed by atoms with Gasteiger partial charge in [0.1, 0.15) is 5.82 Å². The average Bonchev–Trinajstić information content (AvgIpc) is 2.18. The zero-order chi connectivity index (χ0) is 10.4. The van der Waals surface area contributed by atoms with E-state index in [1.54, 1.807) is 18.3 Å². The molecule has 1 rings (SSSR count). The molecule has 0 aliphatic heterocycles. The minimum atomic E-state index is -0.623. The molecular weight excluding hydrogens is 248 g/mol. The molecule has 1 aromatic heterocycles. The highest BCUT2D eigenvalue weighted by atomic mass is 79.9. The number of hydrogen-bond acceptors (Lipinski definition) is 3. The molecule has 0 spiro atoms. The second-order valence-electron chi connectivity index (χ2n) is 2.24. The summed E-state index contributed by atoms with van der Waals surface area (Å²) in [6.07, 6.45) is 5.85. The third kappa shape index (κ3) is 3.07. The molecule has 0 saturated carbocycles. The molecule has 0 aliphatic rings. The second-order valence-corrected chi connectivity index (χ2v) is 3.09. The summed E-state index contributed by atoms with van der Waals surface area (Å²) in [5, 5.41) is 2.43. The van der Waals surface area contributed by atoms with Crippen LogP contribution in [-0.2, 0) is 4.74 Å². The van der Waals surface area contributed by atoms with Crippen LogP contribution in [0.2, 0.25) is 0 Å². The van der Waals surface area contributed by atoms with Gasteiger partial charge in [-0.25, -0.2) is 9.78 Å². The third-order valence-electron chi connectivity index (χ3n) is 1.27. The highest BCUT2D eigenvalue weighted by Crippen LogP contribution is 2.18. The first-order valence-electron chi connectivity index (χ1n) is 3.72. The van der Waals surface area contributed by atoms with Gasteiger partial charge in [0.2, 0.25) is 0 Å². The fourth-order valence-corrected chi connectivity index (χ4v) is 1.07. The van der Waals surface area contributed by atoms with Crippen molar-refractivity contribution < 1.29 is 9.53 Å². The van der Waals surface area contributed by atoms with Gasteiger partial charge >= 0.3 is 6.09 Å². The number of aromatic nitrogens is 1. The molecule has 5 heteroatoms. The maximum absolute atomic E-state index is 11.0. The number of nitrogens with one attached hydrogen (secondary N) is 1. The predicted octanol–water partition coefficient (Wildman–Crippen LogP) is 2.03. The summed E-state index contributed by atoms with van der Waals surface area (Å²) in [7, 11) is 0. The third-order valence-corrected chi connectivity index (χ3v) is 1.91. The Bertz CT molecular complexity index is 373. The van der Waals surface area contributed by atoms with E-state index in [1.165, 1.54) is 0 Å². The van der Waals surface area contributed by atoms with Gasteiger partial charge in [-0.15, -0.1) is 6.42 Å². The standard InChI is InChI=1S/C9H7BrN2O2/c1-2-6-14-9(13)12-8-7(10)4-3-5-11-8/h1,3-5H,6H2,(H,11,12,13). The quantitative estimate of drug-likeness (QED) is 0.822. The van der Waals surface area contributed by atoms with Crippen LogP contribution >= 0.6 is 15.9 Å². The van der Waals surface area contributed by atoms with Crippen LogP contribution in [0.4, 0.5) is 10.6 Å². The molecular formula is C9H7BrN2O2. The van der Waals surface area contributed by atoms with Gasteiger partial charge in [0.15, 0.2) is 6.61 Å². The number of rotatable bonds is 2. The van der Waals surface area contributed by atoms with Gasteiger partial charge in [0.25, 0.3) is 0 Å². The summed E-state index contributed by atoms with van der Waals surface area (Å²) < 4.78 is 5.28. The molecule has 1 amide bonds. The van der Waals surface area contributed by atoms with Crippen molar-refractivity contribution in [2.45, 2.75) is 0 Å². The normalized spacial score (nSPS) is 8.86. The summed E-state index contributed by atoms with van der Waals surface area (Å²) in [5.74, 6) is 2.58. The zero-order valence-electron chi connectivity index (χ0n) is 7.16. The molecule has 0 atom stereocenters. The Morgan fingerprint density at radius 3 is 3.21 bits per heavy atom. The highest BCUT2D eigenvalue weighted by Gasteiger charge is 2.05. The van der Waals surface area contributed by atoms with Crippen LogP contribution in [0.5, 0.6) is 0 Å². The molecule has 4 nitrogen and oxygen atoms in total. The van der Waals surface area contributed by atoms with E-state index in [-0.39, 0.29) is 6.61 Å². The van der Waals surface area contributed by atoms with Gasteiger partial charge in [0, 0.05) is 6.20 Å². The number of carbonyl (C=O) groups excluding carboxylic acids is 1. The van der Waals surface area contributed by atoms with Crippen LogP contribution in [0.1, 0.15) is 0 Å². The molecule has 0 aliphatic carbocycles. The molecule has 0 radical (unpaired) electrons. The van der Waals surface area contributed by atoms with Gasteiger partial charge in [-0.05, 0) is 28.1 Å². The van der Waals surface area contributed by atoms with E-state index in [0.717, 1.165) is 0 Å². The first-order chi connectivity index (χ1) is 6.74. The van der Waals surface area contributed by atoms with Crippen molar-refractivity contribution in [3.63, 3.8) is 0 Å². The fraction of sp³-hybridized carbons (Fsp3) is 0.111. The van der Waals surface area contributed by atoms with Crippen molar-refractivity contribution in [1.82, 2.24) is 4.98 Å². The molecule has 72 valence electrons. The Hall–Kier alpha value is -1.54. The highest BCUT2D eigenvalue weighted by molar-refractivity contribution is 9.10. The van der Waals surface area contributed by atoms with Gasteiger partial charge in [0.05, 0.1) is 4.47 Å². The lowest BCUT2D eigenvalue weighted by atomic mass is 10.5. The number of hydrogen-bond donors (Lipinski definition) is 1. The summed E-state index contributed by atoms with van der Waals surface area (Å²) in [4.78, 5) is 14.9. The predicted molar refractivity (Wildman–Crippen MR) is 55.7 cm³/mol. The molecule has 0 saturated heterocycles. The number of pyridine rings is 1. The molecule has 1 aromatic rings. The molecule has 14 heavy (non-hydrogen) atoms. The SMILES string of the molecule is C#CCOC(=O)Nc1ncccc1Br. The Labute approximate surface area is 89.8 Å². The van der Waals surface area contributed by atoms with E-state index in [0.29, 0.717) is 10.3 Å². The lowest BCUT2D eigenvalue weighted by molar-refractivity contribution is 0.176. The van der Waals surface area contributed by atoms with E-state index in [2.05, 4.69) is 36.9 Å². The summed E-state index contributed by atoms with van der Waals surface area (Å²) in [6, 6.07) is 3.49. The first kappa shape index (κ1) is 10.5. The summed E-state index contributed by atoms with van der Waals surface area (Å²) >= 11 is 3.22. The maximum Gasteiger partial charge on any atom is 0.413 e. The summed E-state index contributed by atoms with van der Waals surface area (Å²) in [6.45, 7) is -0.0592. The largest absolute Gasteiger partial charge is 0.436 e. The van der Waals surface area contributed by atoms with E-state index in [4.69, 9.17) is 6.42 Å². The van der Waals surface area contributed by atoms with Gasteiger partial charge in [-0.2, -0.15) is 0 Å². The second kappa shape index (κ2) is 5.25. The van der Waals surface area contributed by atoms with Crippen molar-refractivity contribution in [2.24, 2.45) is 0 Å². The van der Waals surface area contributed by atoms with E-state index < -0.39 is 6.09 Å². The fourth-order valence-electron chi connectivity index (χ4n) is 0.718. The summed E-state index contributed by atoms with van der Waals surface area (Å²) in [5.41, 5.74) is 0. The van der Waals surface area contributed by atoms with Gasteiger partial charge < -0.3 is 4.74 Å². The molecule has 0 fully saturated rings. The Kier molecular flexibility index (Phi) is 3.95.